The van der Waals surface area contributed by atoms with Gasteiger partial charge in [0.2, 0.25) is 5.91 Å². The molecular formula is C20H25N3O2S. The number of fused-ring (bicyclic) bond motifs is 1. The van der Waals surface area contributed by atoms with E-state index in [4.69, 9.17) is 0 Å². The van der Waals surface area contributed by atoms with Gasteiger partial charge in [0.1, 0.15) is 0 Å². The van der Waals surface area contributed by atoms with Crippen LogP contribution in [0.15, 0.2) is 40.3 Å². The summed E-state index contributed by atoms with van der Waals surface area (Å²) >= 11 is 1.30. The van der Waals surface area contributed by atoms with E-state index in [-0.39, 0.29) is 22.8 Å². The van der Waals surface area contributed by atoms with Crippen LogP contribution in [0.25, 0.3) is 0 Å². The van der Waals surface area contributed by atoms with E-state index < -0.39 is 0 Å². The Kier molecular flexibility index (Phi) is 6.14. The molecule has 0 aliphatic heterocycles. The summed E-state index contributed by atoms with van der Waals surface area (Å²) in [4.78, 5) is 31.6. The van der Waals surface area contributed by atoms with Gasteiger partial charge in [0.05, 0.1) is 11.3 Å². The summed E-state index contributed by atoms with van der Waals surface area (Å²) in [7, 11) is 0. The Morgan fingerprint density at radius 2 is 2.23 bits per heavy atom. The Morgan fingerprint density at radius 1 is 1.42 bits per heavy atom. The minimum absolute atomic E-state index is 0.0275. The number of thioether (sulfide) groups is 1. The lowest BCUT2D eigenvalue weighted by molar-refractivity contribution is -0.121. The van der Waals surface area contributed by atoms with Gasteiger partial charge in [0.15, 0.2) is 5.16 Å². The molecule has 6 heteroatoms. The molecule has 0 radical (unpaired) electrons. The van der Waals surface area contributed by atoms with E-state index in [1.165, 1.54) is 29.0 Å². The fourth-order valence-electron chi connectivity index (χ4n) is 3.34. The zero-order valence-electron chi connectivity index (χ0n) is 15.2. The number of aryl methyl sites for hydroxylation is 2. The average molecular weight is 372 g/mol. The van der Waals surface area contributed by atoms with Crippen LogP contribution in [0.4, 0.5) is 0 Å². The predicted molar refractivity (Wildman–Crippen MR) is 104 cm³/mol. The highest BCUT2D eigenvalue weighted by atomic mass is 32.2. The highest BCUT2D eigenvalue weighted by Crippen LogP contribution is 2.30. The third-order valence-corrected chi connectivity index (χ3v) is 5.61. The molecular weight excluding hydrogens is 346 g/mol. The first-order valence-electron chi connectivity index (χ1n) is 9.22. The van der Waals surface area contributed by atoms with Gasteiger partial charge in [-0.1, -0.05) is 49.4 Å². The van der Waals surface area contributed by atoms with E-state index >= 15 is 0 Å². The fraction of sp³-hybridized carbons (Fsp3) is 0.450. The molecule has 1 aromatic carbocycles. The van der Waals surface area contributed by atoms with Crippen LogP contribution in [0.3, 0.4) is 0 Å². The lowest BCUT2D eigenvalue weighted by Gasteiger charge is -2.27. The van der Waals surface area contributed by atoms with Crippen molar-refractivity contribution in [2.24, 2.45) is 0 Å². The number of carbonyl (C=O) groups is 1. The lowest BCUT2D eigenvalue weighted by atomic mass is 9.88. The summed E-state index contributed by atoms with van der Waals surface area (Å²) in [5.41, 5.74) is 3.15. The highest BCUT2D eigenvalue weighted by Gasteiger charge is 2.24. The second kappa shape index (κ2) is 8.54. The van der Waals surface area contributed by atoms with E-state index in [9.17, 15) is 9.59 Å². The van der Waals surface area contributed by atoms with Crippen molar-refractivity contribution in [1.29, 1.82) is 0 Å². The summed E-state index contributed by atoms with van der Waals surface area (Å²) in [5, 5.41) is 3.35. The summed E-state index contributed by atoms with van der Waals surface area (Å²) in [6.45, 7) is 3.90. The van der Waals surface area contributed by atoms with Crippen LogP contribution in [0, 0.1) is 0 Å². The SMILES string of the molecule is CCCc1cc(=O)[nH]c(SC(C)C(=O)NC2CCCc3ccccc32)n1. The van der Waals surface area contributed by atoms with E-state index in [1.54, 1.807) is 0 Å². The molecule has 2 atom stereocenters. The van der Waals surface area contributed by atoms with Crippen LogP contribution >= 0.6 is 11.8 Å². The van der Waals surface area contributed by atoms with Gasteiger partial charge < -0.3 is 10.3 Å². The molecule has 1 aliphatic carbocycles. The first-order chi connectivity index (χ1) is 12.6. The van der Waals surface area contributed by atoms with Crippen molar-refractivity contribution in [2.45, 2.75) is 62.4 Å². The Hall–Kier alpha value is -2.08. The van der Waals surface area contributed by atoms with Crippen molar-refractivity contribution in [3.63, 3.8) is 0 Å². The lowest BCUT2D eigenvalue weighted by Crippen LogP contribution is -2.36. The van der Waals surface area contributed by atoms with Gasteiger partial charge in [-0.05, 0) is 43.7 Å². The minimum Gasteiger partial charge on any atom is -0.348 e. The van der Waals surface area contributed by atoms with Crippen LogP contribution in [0.2, 0.25) is 0 Å². The number of carbonyl (C=O) groups excluding carboxylic acids is 1. The Morgan fingerprint density at radius 3 is 3.04 bits per heavy atom. The standard InChI is InChI=1S/C20H25N3O2S/c1-3-7-15-12-18(24)23-20(21-15)26-13(2)19(25)22-17-11-6-9-14-8-4-5-10-16(14)17/h4-5,8,10,12-13,17H,3,6-7,9,11H2,1-2H3,(H,22,25)(H,21,23,24). The molecule has 0 fully saturated rings. The Bertz CT molecular complexity index is 834. The molecule has 0 saturated carbocycles. The minimum atomic E-state index is -0.330. The molecule has 0 bridgehead atoms. The maximum atomic E-state index is 12.7. The zero-order valence-corrected chi connectivity index (χ0v) is 16.1. The zero-order chi connectivity index (χ0) is 18.5. The van der Waals surface area contributed by atoms with Crippen molar-refractivity contribution in [1.82, 2.24) is 15.3 Å². The molecule has 1 heterocycles. The van der Waals surface area contributed by atoms with Crippen LogP contribution in [0.5, 0.6) is 0 Å². The van der Waals surface area contributed by atoms with Gasteiger partial charge in [-0.15, -0.1) is 0 Å². The maximum Gasteiger partial charge on any atom is 0.251 e. The van der Waals surface area contributed by atoms with Crippen LogP contribution < -0.4 is 10.9 Å². The summed E-state index contributed by atoms with van der Waals surface area (Å²) in [5.74, 6) is -0.0275. The van der Waals surface area contributed by atoms with Gasteiger partial charge in [-0.2, -0.15) is 0 Å². The Balaban J connectivity index is 1.67. The molecule has 0 saturated heterocycles. The largest absolute Gasteiger partial charge is 0.348 e. The first-order valence-corrected chi connectivity index (χ1v) is 10.1. The van der Waals surface area contributed by atoms with Crippen molar-refractivity contribution < 1.29 is 4.79 Å². The number of amides is 1. The molecule has 2 aromatic rings. The molecule has 138 valence electrons. The van der Waals surface area contributed by atoms with E-state index in [0.717, 1.165) is 37.8 Å². The molecule has 2 unspecified atom stereocenters. The molecule has 3 rings (SSSR count). The van der Waals surface area contributed by atoms with Gasteiger partial charge in [0.25, 0.3) is 5.56 Å². The molecule has 0 spiro atoms. The maximum absolute atomic E-state index is 12.7. The first kappa shape index (κ1) is 18.7. The van der Waals surface area contributed by atoms with Gasteiger partial charge >= 0.3 is 0 Å². The van der Waals surface area contributed by atoms with Crippen molar-refractivity contribution in [3.05, 3.63) is 57.5 Å². The third-order valence-electron chi connectivity index (χ3n) is 4.62. The summed E-state index contributed by atoms with van der Waals surface area (Å²) in [6.07, 6.45) is 4.80. The normalized spacial score (nSPS) is 17.4. The molecule has 1 amide bonds. The van der Waals surface area contributed by atoms with Gasteiger partial charge in [0, 0.05) is 11.8 Å². The number of benzene rings is 1. The number of aromatic amines is 1. The van der Waals surface area contributed by atoms with E-state index in [0.29, 0.717) is 5.16 Å². The highest BCUT2D eigenvalue weighted by molar-refractivity contribution is 8.00. The monoisotopic (exact) mass is 371 g/mol. The molecule has 26 heavy (non-hydrogen) atoms. The number of aromatic nitrogens is 2. The van der Waals surface area contributed by atoms with Crippen molar-refractivity contribution in [3.8, 4) is 0 Å². The second-order valence-corrected chi connectivity index (χ2v) is 8.03. The molecule has 2 N–H and O–H groups in total. The number of hydrogen-bond acceptors (Lipinski definition) is 4. The van der Waals surface area contributed by atoms with Crippen molar-refractivity contribution in [2.75, 3.05) is 0 Å². The van der Waals surface area contributed by atoms with E-state index in [1.807, 2.05) is 26.0 Å². The summed E-state index contributed by atoms with van der Waals surface area (Å²) in [6, 6.07) is 9.90. The van der Waals surface area contributed by atoms with Crippen LogP contribution in [0.1, 0.15) is 56.0 Å². The number of nitrogens with zero attached hydrogens (tertiary/aromatic N) is 1. The van der Waals surface area contributed by atoms with E-state index in [2.05, 4.69) is 27.4 Å². The van der Waals surface area contributed by atoms with Crippen molar-refractivity contribution >= 4 is 17.7 Å². The summed E-state index contributed by atoms with van der Waals surface area (Å²) < 4.78 is 0. The number of hydrogen-bond donors (Lipinski definition) is 2. The van der Waals surface area contributed by atoms with Gasteiger partial charge in [-0.25, -0.2) is 4.98 Å². The topological polar surface area (TPSA) is 74.8 Å². The average Bonchev–Trinajstić information content (AvgIpc) is 2.61. The van der Waals surface area contributed by atoms with Crippen LogP contribution in [-0.4, -0.2) is 21.1 Å². The Labute approximate surface area is 158 Å². The molecule has 5 nitrogen and oxygen atoms in total. The number of H-pyrrole nitrogens is 1. The van der Waals surface area contributed by atoms with Gasteiger partial charge in [-0.3, -0.25) is 9.59 Å². The predicted octanol–water partition coefficient (Wildman–Crippen LogP) is 3.40. The molecule has 1 aliphatic rings. The second-order valence-electron chi connectivity index (χ2n) is 6.70. The van der Waals surface area contributed by atoms with Crippen LogP contribution in [-0.2, 0) is 17.6 Å². The third kappa shape index (κ3) is 4.55. The quantitative estimate of drug-likeness (QED) is 0.603. The number of rotatable bonds is 6. The fourth-order valence-corrected chi connectivity index (χ4v) is 4.18. The molecule has 1 aromatic heterocycles. The number of nitrogens with one attached hydrogen (secondary N) is 2. The smallest absolute Gasteiger partial charge is 0.251 e.